The molecule has 2 aromatic heterocycles. The van der Waals surface area contributed by atoms with Gasteiger partial charge in [0.15, 0.2) is 11.5 Å². The zero-order valence-corrected chi connectivity index (χ0v) is 18.7. The van der Waals surface area contributed by atoms with Crippen molar-refractivity contribution in [2.24, 2.45) is 0 Å². The number of aryl methyl sites for hydroxylation is 1. The van der Waals surface area contributed by atoms with Gasteiger partial charge in [-0.3, -0.25) is 14.9 Å². The SMILES string of the molecule is CCNCCCn1cc(C2=C(c3c[nH]c4ccccc34)C(=O)NC2=O)c2cc3c(cc21)OCO3. The van der Waals surface area contributed by atoms with Crippen LogP contribution in [0.1, 0.15) is 24.5 Å². The van der Waals surface area contributed by atoms with Crippen LogP contribution in [0.4, 0.5) is 0 Å². The fourth-order valence-corrected chi connectivity index (χ4v) is 4.86. The van der Waals surface area contributed by atoms with Crippen LogP contribution in [0.2, 0.25) is 0 Å². The molecule has 2 aliphatic rings. The van der Waals surface area contributed by atoms with Crippen LogP contribution >= 0.6 is 0 Å². The minimum absolute atomic E-state index is 0.167. The van der Waals surface area contributed by atoms with E-state index in [1.165, 1.54) is 0 Å². The lowest BCUT2D eigenvalue weighted by atomic mass is 9.95. The summed E-state index contributed by atoms with van der Waals surface area (Å²) >= 11 is 0. The topological polar surface area (TPSA) is 97.4 Å². The molecule has 2 aliphatic heterocycles. The number of nitrogens with one attached hydrogen (secondary N) is 3. The van der Waals surface area contributed by atoms with Crippen molar-refractivity contribution in [3.8, 4) is 11.5 Å². The summed E-state index contributed by atoms with van der Waals surface area (Å²) in [6.07, 6.45) is 4.68. The molecule has 0 fully saturated rings. The minimum Gasteiger partial charge on any atom is -0.454 e. The molecule has 0 aliphatic carbocycles. The monoisotopic (exact) mass is 456 g/mol. The van der Waals surface area contributed by atoms with E-state index in [0.29, 0.717) is 33.8 Å². The van der Waals surface area contributed by atoms with Gasteiger partial charge in [0.1, 0.15) is 0 Å². The van der Waals surface area contributed by atoms with Gasteiger partial charge in [-0.05, 0) is 31.6 Å². The van der Waals surface area contributed by atoms with Crippen molar-refractivity contribution < 1.29 is 19.1 Å². The molecule has 4 aromatic rings. The first kappa shape index (κ1) is 20.6. The van der Waals surface area contributed by atoms with E-state index in [-0.39, 0.29) is 6.79 Å². The number of aromatic amines is 1. The standard InChI is InChI=1S/C26H24N4O4/c1-2-27-8-5-9-30-13-18(16-10-21-22(11-20(16)30)34-14-33-21)24-23(25(31)29-26(24)32)17-12-28-19-7-4-3-6-15(17)19/h3-4,6-7,10-13,27-28H,2,5,8-9,14H2,1H3,(H,29,31,32). The molecule has 0 unspecified atom stereocenters. The van der Waals surface area contributed by atoms with E-state index >= 15 is 0 Å². The van der Waals surface area contributed by atoms with Crippen molar-refractivity contribution in [1.82, 2.24) is 20.2 Å². The highest BCUT2D eigenvalue weighted by Crippen LogP contribution is 2.42. The molecule has 8 nitrogen and oxygen atoms in total. The van der Waals surface area contributed by atoms with E-state index in [1.54, 1.807) is 6.20 Å². The Morgan fingerprint density at radius 1 is 1.00 bits per heavy atom. The number of imide groups is 1. The molecule has 0 saturated heterocycles. The van der Waals surface area contributed by atoms with Gasteiger partial charge in [-0.2, -0.15) is 0 Å². The molecule has 0 atom stereocenters. The Bertz CT molecular complexity index is 1490. The molecule has 8 heteroatoms. The first-order valence-electron chi connectivity index (χ1n) is 11.5. The maximum atomic E-state index is 13.1. The molecule has 2 amide bonds. The third-order valence-corrected chi connectivity index (χ3v) is 6.44. The van der Waals surface area contributed by atoms with Gasteiger partial charge in [0.2, 0.25) is 6.79 Å². The molecule has 0 saturated carbocycles. The zero-order chi connectivity index (χ0) is 23.2. The number of carbonyl (C=O) groups excluding carboxylic acids is 2. The van der Waals surface area contributed by atoms with Gasteiger partial charge < -0.3 is 24.3 Å². The minimum atomic E-state index is -0.394. The van der Waals surface area contributed by atoms with E-state index in [0.717, 1.165) is 47.9 Å². The number of carbonyl (C=O) groups is 2. The van der Waals surface area contributed by atoms with Gasteiger partial charge in [0.05, 0.1) is 16.7 Å². The van der Waals surface area contributed by atoms with Gasteiger partial charge >= 0.3 is 0 Å². The Hall–Kier alpha value is -4.04. The number of nitrogens with zero attached hydrogens (tertiary/aromatic N) is 1. The van der Waals surface area contributed by atoms with Crippen molar-refractivity contribution in [2.75, 3.05) is 19.9 Å². The summed E-state index contributed by atoms with van der Waals surface area (Å²) < 4.78 is 13.4. The first-order chi connectivity index (χ1) is 16.7. The fourth-order valence-electron chi connectivity index (χ4n) is 4.86. The third kappa shape index (κ3) is 3.18. The summed E-state index contributed by atoms with van der Waals surface area (Å²) in [5.41, 5.74) is 4.03. The van der Waals surface area contributed by atoms with Crippen LogP contribution in [0.5, 0.6) is 11.5 Å². The Morgan fingerprint density at radius 3 is 2.59 bits per heavy atom. The van der Waals surface area contributed by atoms with Crippen LogP contribution in [0.25, 0.3) is 33.0 Å². The number of rotatable bonds is 7. The fraction of sp³-hybridized carbons (Fsp3) is 0.231. The van der Waals surface area contributed by atoms with Crippen LogP contribution in [-0.2, 0) is 16.1 Å². The molecule has 0 radical (unpaired) electrons. The number of H-pyrrole nitrogens is 1. The van der Waals surface area contributed by atoms with Crippen molar-refractivity contribution in [1.29, 1.82) is 0 Å². The van der Waals surface area contributed by atoms with Gasteiger partial charge in [0.25, 0.3) is 11.8 Å². The van der Waals surface area contributed by atoms with Gasteiger partial charge in [-0.15, -0.1) is 0 Å². The maximum absolute atomic E-state index is 13.1. The lowest BCUT2D eigenvalue weighted by molar-refractivity contribution is -0.122. The Balaban J connectivity index is 1.56. The van der Waals surface area contributed by atoms with E-state index in [2.05, 4.69) is 27.1 Å². The number of hydrogen-bond donors (Lipinski definition) is 3. The highest BCUT2D eigenvalue weighted by Gasteiger charge is 2.35. The van der Waals surface area contributed by atoms with Crippen molar-refractivity contribution in [2.45, 2.75) is 19.9 Å². The third-order valence-electron chi connectivity index (χ3n) is 6.44. The summed E-state index contributed by atoms with van der Waals surface area (Å²) in [5, 5.41) is 7.61. The van der Waals surface area contributed by atoms with Crippen LogP contribution in [0.15, 0.2) is 48.8 Å². The van der Waals surface area contributed by atoms with Crippen molar-refractivity contribution in [3.05, 3.63) is 59.9 Å². The van der Waals surface area contributed by atoms with Crippen LogP contribution < -0.4 is 20.1 Å². The van der Waals surface area contributed by atoms with E-state index < -0.39 is 11.8 Å². The molecule has 4 heterocycles. The predicted octanol–water partition coefficient (Wildman–Crippen LogP) is 3.42. The largest absolute Gasteiger partial charge is 0.454 e. The Kier molecular flexibility index (Phi) is 4.88. The Labute approximate surface area is 195 Å². The van der Waals surface area contributed by atoms with E-state index in [4.69, 9.17) is 9.47 Å². The lowest BCUT2D eigenvalue weighted by Gasteiger charge is -2.06. The molecule has 3 N–H and O–H groups in total. The predicted molar refractivity (Wildman–Crippen MR) is 129 cm³/mol. The molecule has 0 bridgehead atoms. The highest BCUT2D eigenvalue weighted by atomic mass is 16.7. The number of fused-ring (bicyclic) bond motifs is 3. The number of para-hydroxylation sites is 1. The number of amides is 2. The number of ether oxygens (including phenoxy) is 2. The molecule has 34 heavy (non-hydrogen) atoms. The smallest absolute Gasteiger partial charge is 0.259 e. The van der Waals surface area contributed by atoms with Gasteiger partial charge in [-0.1, -0.05) is 25.1 Å². The van der Waals surface area contributed by atoms with Crippen LogP contribution in [0.3, 0.4) is 0 Å². The normalized spacial score (nSPS) is 15.2. The van der Waals surface area contributed by atoms with Gasteiger partial charge in [0, 0.05) is 52.4 Å². The summed E-state index contributed by atoms with van der Waals surface area (Å²) in [4.78, 5) is 29.4. The number of benzene rings is 2. The van der Waals surface area contributed by atoms with Crippen molar-refractivity contribution in [3.63, 3.8) is 0 Å². The molecular weight excluding hydrogens is 432 g/mol. The number of hydrogen-bond acceptors (Lipinski definition) is 5. The first-order valence-corrected chi connectivity index (χ1v) is 11.5. The lowest BCUT2D eigenvalue weighted by Crippen LogP contribution is -2.22. The molecule has 6 rings (SSSR count). The summed E-state index contributed by atoms with van der Waals surface area (Å²) in [5.74, 6) is 0.536. The average molecular weight is 457 g/mol. The molecular formula is C26H24N4O4. The van der Waals surface area contributed by atoms with Crippen molar-refractivity contribution >= 4 is 44.8 Å². The summed E-state index contributed by atoms with van der Waals surface area (Å²) in [6, 6.07) is 11.6. The quantitative estimate of drug-likeness (QED) is 0.293. The second-order valence-electron chi connectivity index (χ2n) is 8.45. The summed E-state index contributed by atoms with van der Waals surface area (Å²) in [7, 11) is 0. The second-order valence-corrected chi connectivity index (χ2v) is 8.45. The van der Waals surface area contributed by atoms with Crippen LogP contribution in [-0.4, -0.2) is 41.2 Å². The average Bonchev–Trinajstić information content (AvgIpc) is 3.60. The molecule has 2 aromatic carbocycles. The molecule has 0 spiro atoms. The molecule has 172 valence electrons. The van der Waals surface area contributed by atoms with E-state index in [9.17, 15) is 9.59 Å². The van der Waals surface area contributed by atoms with E-state index in [1.807, 2.05) is 42.6 Å². The second kappa shape index (κ2) is 8.07. The Morgan fingerprint density at radius 2 is 1.76 bits per heavy atom. The summed E-state index contributed by atoms with van der Waals surface area (Å²) in [6.45, 7) is 4.81. The maximum Gasteiger partial charge on any atom is 0.259 e. The highest BCUT2D eigenvalue weighted by molar-refractivity contribution is 6.50. The van der Waals surface area contributed by atoms with Gasteiger partial charge in [-0.25, -0.2) is 0 Å². The number of aromatic nitrogens is 2. The zero-order valence-electron chi connectivity index (χ0n) is 18.7. The van der Waals surface area contributed by atoms with Crippen LogP contribution in [0, 0.1) is 0 Å².